The molecule has 0 aromatic rings. The number of halogens is 3. The number of nitrogens with zero attached hydrogens (tertiary/aromatic N) is 2. The molecule has 2 amide bonds. The van der Waals surface area contributed by atoms with E-state index in [4.69, 9.17) is 4.74 Å². The summed E-state index contributed by atoms with van der Waals surface area (Å²) < 4.78 is 45.4. The van der Waals surface area contributed by atoms with Gasteiger partial charge >= 0.3 is 18.2 Å². The molecule has 1 heterocycles. The van der Waals surface area contributed by atoms with Gasteiger partial charge in [0.25, 0.3) is 0 Å². The Morgan fingerprint density at radius 3 is 2.38 bits per heavy atom. The molecule has 1 rings (SSSR count). The predicted octanol–water partition coefficient (Wildman–Crippen LogP) is 1.62. The van der Waals surface area contributed by atoms with Crippen LogP contribution in [0.15, 0.2) is 0 Å². The maximum absolute atomic E-state index is 12.0. The Balaban J connectivity index is 2.09. The van der Waals surface area contributed by atoms with E-state index in [0.29, 0.717) is 39.1 Å². The van der Waals surface area contributed by atoms with Crippen LogP contribution in [0.4, 0.5) is 18.0 Å². The Labute approximate surface area is 151 Å². The quantitative estimate of drug-likeness (QED) is 0.484. The molecule has 0 bridgehead atoms. The van der Waals surface area contributed by atoms with Crippen molar-refractivity contribution in [2.75, 3.05) is 52.5 Å². The number of amides is 2. The second-order valence-corrected chi connectivity index (χ2v) is 6.37. The molecule has 152 valence electrons. The summed E-state index contributed by atoms with van der Waals surface area (Å²) in [5.41, 5.74) is 0. The summed E-state index contributed by atoms with van der Waals surface area (Å²) in [7, 11) is 0. The van der Waals surface area contributed by atoms with E-state index in [9.17, 15) is 22.8 Å². The molecule has 1 aliphatic heterocycles. The zero-order chi connectivity index (χ0) is 19.6. The van der Waals surface area contributed by atoms with Gasteiger partial charge in [-0.15, -0.1) is 0 Å². The first-order chi connectivity index (χ1) is 12.2. The Bertz CT molecular complexity index is 439. The van der Waals surface area contributed by atoms with Gasteiger partial charge in [-0.3, -0.25) is 9.69 Å². The molecule has 1 fully saturated rings. The molecule has 1 aliphatic rings. The Morgan fingerprint density at radius 2 is 1.81 bits per heavy atom. The molecule has 1 N–H and O–H groups in total. The number of urea groups is 1. The van der Waals surface area contributed by atoms with Crippen molar-refractivity contribution in [3.05, 3.63) is 0 Å². The molecule has 0 saturated carbocycles. The van der Waals surface area contributed by atoms with Crippen molar-refractivity contribution in [1.82, 2.24) is 15.1 Å². The van der Waals surface area contributed by atoms with Gasteiger partial charge in [0.1, 0.15) is 6.61 Å². The number of rotatable bonds is 9. The Kier molecular flexibility index (Phi) is 9.71. The zero-order valence-electron chi connectivity index (χ0n) is 15.3. The fourth-order valence-corrected chi connectivity index (χ4v) is 2.46. The van der Waals surface area contributed by atoms with Crippen molar-refractivity contribution in [2.24, 2.45) is 0 Å². The molecule has 7 nitrogen and oxygen atoms in total. The molecular formula is C16H28F3N3O4. The monoisotopic (exact) mass is 383 g/mol. The van der Waals surface area contributed by atoms with Gasteiger partial charge in [-0.1, -0.05) is 0 Å². The zero-order valence-corrected chi connectivity index (χ0v) is 15.3. The van der Waals surface area contributed by atoms with Crippen LogP contribution in [0.1, 0.15) is 26.7 Å². The minimum atomic E-state index is -4.29. The third-order valence-corrected chi connectivity index (χ3v) is 3.66. The van der Waals surface area contributed by atoms with Crippen LogP contribution in [0.25, 0.3) is 0 Å². The van der Waals surface area contributed by atoms with Gasteiger partial charge in [-0.25, -0.2) is 4.79 Å². The first-order valence-electron chi connectivity index (χ1n) is 8.76. The summed E-state index contributed by atoms with van der Waals surface area (Å²) in [6.45, 7) is 5.60. The van der Waals surface area contributed by atoms with Gasteiger partial charge in [-0.2, -0.15) is 13.2 Å². The number of nitrogens with one attached hydrogen (secondary N) is 1. The van der Waals surface area contributed by atoms with E-state index >= 15 is 0 Å². The van der Waals surface area contributed by atoms with E-state index in [1.165, 1.54) is 0 Å². The second kappa shape index (κ2) is 11.2. The molecule has 10 heteroatoms. The third-order valence-electron chi connectivity index (χ3n) is 3.66. The lowest BCUT2D eigenvalue weighted by Crippen LogP contribution is -2.52. The number of alkyl halides is 3. The number of hydrogen-bond acceptors (Lipinski definition) is 5. The number of carbonyl (C=O) groups is 2. The van der Waals surface area contributed by atoms with E-state index in [1.807, 2.05) is 0 Å². The molecule has 0 unspecified atom stereocenters. The molecule has 0 atom stereocenters. The SMILES string of the molecule is CC(C)OC(=O)CCNC(=O)N1CCN(CCCOCC(F)(F)F)CC1. The summed E-state index contributed by atoms with van der Waals surface area (Å²) >= 11 is 0. The minimum absolute atomic E-state index is 0.0622. The summed E-state index contributed by atoms with van der Waals surface area (Å²) in [5.74, 6) is -0.349. The van der Waals surface area contributed by atoms with Crippen molar-refractivity contribution in [1.29, 1.82) is 0 Å². The van der Waals surface area contributed by atoms with Gasteiger partial charge in [0, 0.05) is 45.9 Å². The van der Waals surface area contributed by atoms with Crippen molar-refractivity contribution < 1.29 is 32.2 Å². The first kappa shape index (κ1) is 22.5. The van der Waals surface area contributed by atoms with E-state index in [0.717, 1.165) is 0 Å². The number of hydrogen-bond donors (Lipinski definition) is 1. The average Bonchev–Trinajstić information content (AvgIpc) is 2.53. The third kappa shape index (κ3) is 10.4. The topological polar surface area (TPSA) is 71.1 Å². The standard InChI is InChI=1S/C16H28F3N3O4/c1-13(2)26-14(23)4-5-20-15(24)22-9-7-21(8-10-22)6-3-11-25-12-16(17,18)19/h13H,3-12H2,1-2H3,(H,20,24). The highest BCUT2D eigenvalue weighted by molar-refractivity contribution is 5.75. The summed E-state index contributed by atoms with van der Waals surface area (Å²) in [4.78, 5) is 27.2. The molecule has 0 aromatic carbocycles. The lowest BCUT2D eigenvalue weighted by atomic mass is 10.3. The van der Waals surface area contributed by atoms with Gasteiger partial charge in [0.2, 0.25) is 0 Å². The number of piperazine rings is 1. The second-order valence-electron chi connectivity index (χ2n) is 6.37. The van der Waals surface area contributed by atoms with Crippen LogP contribution in [0.3, 0.4) is 0 Å². The Hall–Kier alpha value is -1.55. The number of ether oxygens (including phenoxy) is 2. The van der Waals surface area contributed by atoms with Crippen LogP contribution < -0.4 is 5.32 Å². The molecule has 0 aromatic heterocycles. The maximum Gasteiger partial charge on any atom is 0.411 e. The van der Waals surface area contributed by atoms with Gasteiger partial charge in [0.05, 0.1) is 12.5 Å². The maximum atomic E-state index is 12.0. The molecule has 0 spiro atoms. The molecule has 26 heavy (non-hydrogen) atoms. The van der Waals surface area contributed by atoms with E-state index in [2.05, 4.69) is 15.0 Å². The van der Waals surface area contributed by atoms with E-state index in [-0.39, 0.29) is 37.7 Å². The fourth-order valence-electron chi connectivity index (χ4n) is 2.46. The van der Waals surface area contributed by atoms with Crippen molar-refractivity contribution >= 4 is 12.0 Å². The molecule has 0 radical (unpaired) electrons. The van der Waals surface area contributed by atoms with E-state index < -0.39 is 12.8 Å². The predicted molar refractivity (Wildman–Crippen MR) is 88.7 cm³/mol. The minimum Gasteiger partial charge on any atom is -0.463 e. The lowest BCUT2D eigenvalue weighted by Gasteiger charge is -2.34. The summed E-state index contributed by atoms with van der Waals surface area (Å²) in [6.07, 6.45) is -3.82. The number of carbonyl (C=O) groups excluding carboxylic acids is 2. The normalized spacial score (nSPS) is 16.0. The van der Waals surface area contributed by atoms with Crippen LogP contribution in [-0.4, -0.2) is 86.6 Å². The highest BCUT2D eigenvalue weighted by atomic mass is 19.4. The van der Waals surface area contributed by atoms with Crippen molar-refractivity contribution in [2.45, 2.75) is 39.0 Å². The van der Waals surface area contributed by atoms with Crippen LogP contribution >= 0.6 is 0 Å². The van der Waals surface area contributed by atoms with Gasteiger partial charge in [-0.05, 0) is 20.3 Å². The van der Waals surface area contributed by atoms with Crippen LogP contribution in [-0.2, 0) is 14.3 Å². The summed E-state index contributed by atoms with van der Waals surface area (Å²) in [5, 5.41) is 2.69. The van der Waals surface area contributed by atoms with Crippen LogP contribution in [0, 0.1) is 0 Å². The largest absolute Gasteiger partial charge is 0.463 e. The van der Waals surface area contributed by atoms with Crippen molar-refractivity contribution in [3.63, 3.8) is 0 Å². The van der Waals surface area contributed by atoms with E-state index in [1.54, 1.807) is 18.7 Å². The Morgan fingerprint density at radius 1 is 1.15 bits per heavy atom. The first-order valence-corrected chi connectivity index (χ1v) is 8.76. The fraction of sp³-hybridized carbons (Fsp3) is 0.875. The van der Waals surface area contributed by atoms with Crippen molar-refractivity contribution in [3.8, 4) is 0 Å². The molecular weight excluding hydrogens is 355 g/mol. The number of esters is 1. The summed E-state index contributed by atoms with van der Waals surface area (Å²) in [6, 6.07) is -0.226. The molecule has 1 saturated heterocycles. The highest BCUT2D eigenvalue weighted by Crippen LogP contribution is 2.14. The average molecular weight is 383 g/mol. The van der Waals surface area contributed by atoms with Gasteiger partial charge < -0.3 is 19.7 Å². The highest BCUT2D eigenvalue weighted by Gasteiger charge is 2.27. The van der Waals surface area contributed by atoms with Crippen LogP contribution in [0.2, 0.25) is 0 Å². The van der Waals surface area contributed by atoms with Crippen LogP contribution in [0.5, 0.6) is 0 Å². The lowest BCUT2D eigenvalue weighted by molar-refractivity contribution is -0.174. The molecule has 0 aliphatic carbocycles. The van der Waals surface area contributed by atoms with Gasteiger partial charge in [0.15, 0.2) is 0 Å². The smallest absolute Gasteiger partial charge is 0.411 e.